The van der Waals surface area contributed by atoms with Crippen molar-refractivity contribution >= 4 is 23.0 Å². The fraction of sp³-hybridized carbons (Fsp3) is 0.483. The minimum Gasteiger partial charge on any atom is -0.406 e. The van der Waals surface area contributed by atoms with Gasteiger partial charge in [-0.15, -0.1) is 13.2 Å². The topological polar surface area (TPSA) is 95.3 Å². The van der Waals surface area contributed by atoms with Gasteiger partial charge in [-0.25, -0.2) is 4.98 Å². The van der Waals surface area contributed by atoms with Gasteiger partial charge in [0.25, 0.3) is 0 Å². The van der Waals surface area contributed by atoms with Crippen LogP contribution in [0.4, 0.5) is 24.7 Å². The van der Waals surface area contributed by atoms with Gasteiger partial charge in [0.1, 0.15) is 11.6 Å². The number of aromatic nitrogens is 1. The fourth-order valence-electron chi connectivity index (χ4n) is 4.02. The number of ketones is 1. The molecule has 1 aliphatic carbocycles. The molecule has 0 radical (unpaired) electrons. The van der Waals surface area contributed by atoms with Crippen molar-refractivity contribution in [2.45, 2.75) is 72.6 Å². The number of ether oxygens (including phenoxy) is 1. The first kappa shape index (κ1) is 31.0. The molecule has 0 fully saturated rings. The van der Waals surface area contributed by atoms with Crippen LogP contribution in [0.15, 0.2) is 48.2 Å². The third-order valence-electron chi connectivity index (χ3n) is 6.61. The summed E-state index contributed by atoms with van der Waals surface area (Å²) in [4.78, 5) is 15.6. The van der Waals surface area contributed by atoms with Gasteiger partial charge in [0.05, 0.1) is 0 Å². The standard InChI is InChI=1S/C20H24F3N3O2.C9H14O/c1-3-13(4-2)18(24)17-14(10-12-27)9-11-25-19(17)26-15-5-7-16(8-6-15)28-20(21,22)23;1-3-7(2)9(10)8-5-4-6-8/h5-9,11,13,24,27H,3-4,10,12H2,1-2H3,(H,25,26);5,7H,3-4,6H2,1-2H3. The molecule has 208 valence electrons. The Morgan fingerprint density at radius 3 is 2.24 bits per heavy atom. The molecule has 2 aromatic rings. The SMILES string of the molecule is CCC(C)C(=O)C1=CCC1.CCC(CC)C(=N)c1c(CCO)ccnc1Nc1ccc(OC(F)(F)F)cc1. The summed E-state index contributed by atoms with van der Waals surface area (Å²) in [6.45, 7) is 8.02. The lowest BCUT2D eigenvalue weighted by Crippen LogP contribution is -2.18. The lowest BCUT2D eigenvalue weighted by atomic mass is 9.88. The van der Waals surface area contributed by atoms with E-state index in [2.05, 4.69) is 28.0 Å². The van der Waals surface area contributed by atoms with Crippen LogP contribution in [0, 0.1) is 17.2 Å². The van der Waals surface area contributed by atoms with Crippen LogP contribution in [0.25, 0.3) is 0 Å². The number of anilines is 2. The number of nitrogens with one attached hydrogen (secondary N) is 2. The molecule has 0 amide bonds. The average Bonchev–Trinajstić information content (AvgIpc) is 2.84. The van der Waals surface area contributed by atoms with Gasteiger partial charge in [-0.05, 0) is 80.0 Å². The van der Waals surface area contributed by atoms with Crippen molar-refractivity contribution in [1.82, 2.24) is 4.98 Å². The van der Waals surface area contributed by atoms with Gasteiger partial charge < -0.3 is 20.6 Å². The number of aliphatic hydroxyl groups is 1. The molecule has 3 N–H and O–H groups in total. The molecule has 6 nitrogen and oxygen atoms in total. The molecular weight excluding hydrogens is 495 g/mol. The molecule has 1 aromatic carbocycles. The Labute approximate surface area is 222 Å². The predicted molar refractivity (Wildman–Crippen MR) is 144 cm³/mol. The lowest BCUT2D eigenvalue weighted by molar-refractivity contribution is -0.274. The van der Waals surface area contributed by atoms with Crippen LogP contribution >= 0.6 is 0 Å². The van der Waals surface area contributed by atoms with Crippen LogP contribution < -0.4 is 10.1 Å². The highest BCUT2D eigenvalue weighted by molar-refractivity contribution is 6.05. The smallest absolute Gasteiger partial charge is 0.406 e. The quantitative estimate of drug-likeness (QED) is 0.247. The zero-order valence-corrected chi connectivity index (χ0v) is 22.5. The maximum absolute atomic E-state index is 12.3. The number of allylic oxidation sites excluding steroid dienone is 2. The minimum atomic E-state index is -4.74. The van der Waals surface area contributed by atoms with Crippen molar-refractivity contribution in [2.75, 3.05) is 11.9 Å². The molecule has 1 atom stereocenters. The summed E-state index contributed by atoms with van der Waals surface area (Å²) in [5.41, 5.74) is 3.44. The fourth-order valence-corrected chi connectivity index (χ4v) is 4.02. The van der Waals surface area contributed by atoms with E-state index in [1.807, 2.05) is 20.8 Å². The number of aliphatic hydroxyl groups excluding tert-OH is 1. The third-order valence-corrected chi connectivity index (χ3v) is 6.61. The molecule has 9 heteroatoms. The van der Waals surface area contributed by atoms with E-state index < -0.39 is 6.36 Å². The first-order valence-corrected chi connectivity index (χ1v) is 13.1. The highest BCUT2D eigenvalue weighted by Gasteiger charge is 2.31. The van der Waals surface area contributed by atoms with Gasteiger partial charge in [-0.2, -0.15) is 0 Å². The van der Waals surface area contributed by atoms with Crippen LogP contribution in [0.3, 0.4) is 0 Å². The molecule has 1 heterocycles. The van der Waals surface area contributed by atoms with Gasteiger partial charge in [-0.3, -0.25) is 4.79 Å². The second-order valence-electron chi connectivity index (χ2n) is 9.23. The Morgan fingerprint density at radius 2 is 1.76 bits per heavy atom. The Hall–Kier alpha value is -3.20. The van der Waals surface area contributed by atoms with E-state index in [4.69, 9.17) is 5.41 Å². The Kier molecular flexibility index (Phi) is 12.0. The van der Waals surface area contributed by atoms with E-state index in [9.17, 15) is 23.1 Å². The molecule has 0 bridgehead atoms. The van der Waals surface area contributed by atoms with Gasteiger partial charge in [0, 0.05) is 41.6 Å². The molecule has 1 aliphatic rings. The van der Waals surface area contributed by atoms with Gasteiger partial charge in [0.15, 0.2) is 5.78 Å². The van der Waals surface area contributed by atoms with Crippen LogP contribution in [0.2, 0.25) is 0 Å². The summed E-state index contributed by atoms with van der Waals surface area (Å²) in [5.74, 6) is 0.780. The van der Waals surface area contributed by atoms with Crippen LogP contribution in [-0.2, 0) is 11.2 Å². The number of benzene rings is 1. The van der Waals surface area contributed by atoms with E-state index >= 15 is 0 Å². The molecule has 0 spiro atoms. The van der Waals surface area contributed by atoms with E-state index in [0.717, 1.165) is 43.2 Å². The van der Waals surface area contributed by atoms with Crippen LogP contribution in [0.5, 0.6) is 5.75 Å². The van der Waals surface area contributed by atoms with Crippen molar-refractivity contribution < 1.29 is 27.8 Å². The minimum absolute atomic E-state index is 0.0461. The second-order valence-corrected chi connectivity index (χ2v) is 9.23. The number of halogens is 3. The van der Waals surface area contributed by atoms with Crippen molar-refractivity contribution in [2.24, 2.45) is 11.8 Å². The highest BCUT2D eigenvalue weighted by Crippen LogP contribution is 2.29. The van der Waals surface area contributed by atoms with Gasteiger partial charge in [-0.1, -0.05) is 33.8 Å². The lowest BCUT2D eigenvalue weighted by Gasteiger charge is -2.20. The molecule has 3 rings (SSSR count). The van der Waals surface area contributed by atoms with Crippen LogP contribution in [-0.4, -0.2) is 34.6 Å². The zero-order valence-electron chi connectivity index (χ0n) is 22.5. The summed E-state index contributed by atoms with van der Waals surface area (Å²) in [6, 6.07) is 7.09. The summed E-state index contributed by atoms with van der Waals surface area (Å²) in [5, 5.41) is 21.1. The summed E-state index contributed by atoms with van der Waals surface area (Å²) in [6.07, 6.45) is 3.96. The number of pyridine rings is 1. The molecular formula is C29H38F3N3O3. The van der Waals surface area contributed by atoms with Crippen molar-refractivity contribution in [1.29, 1.82) is 5.41 Å². The van der Waals surface area contributed by atoms with E-state index in [-0.39, 0.29) is 24.2 Å². The maximum atomic E-state index is 12.3. The first-order valence-electron chi connectivity index (χ1n) is 13.1. The second kappa shape index (κ2) is 14.7. The summed E-state index contributed by atoms with van der Waals surface area (Å²) in [7, 11) is 0. The Morgan fingerprint density at radius 1 is 1.13 bits per heavy atom. The van der Waals surface area contributed by atoms with Crippen LogP contribution in [0.1, 0.15) is 70.9 Å². The van der Waals surface area contributed by atoms with E-state index in [0.29, 0.717) is 35.0 Å². The normalized spacial score (nSPS) is 13.6. The summed E-state index contributed by atoms with van der Waals surface area (Å²) >= 11 is 0. The number of carbonyl (C=O) groups excluding carboxylic acids is 1. The summed E-state index contributed by atoms with van der Waals surface area (Å²) < 4.78 is 40.8. The van der Waals surface area contributed by atoms with Crippen molar-refractivity contribution in [3.8, 4) is 5.75 Å². The largest absolute Gasteiger partial charge is 0.573 e. The predicted octanol–water partition coefficient (Wildman–Crippen LogP) is 7.38. The number of carbonyl (C=O) groups is 1. The van der Waals surface area contributed by atoms with Gasteiger partial charge in [0.2, 0.25) is 0 Å². The highest BCUT2D eigenvalue weighted by atomic mass is 19.4. The number of hydrogen-bond acceptors (Lipinski definition) is 6. The monoisotopic (exact) mass is 533 g/mol. The van der Waals surface area contributed by atoms with E-state index in [1.54, 1.807) is 12.3 Å². The number of Topliss-reactive ketones (excluding diaryl/α,β-unsaturated/α-hetero) is 1. The number of hydrogen-bond donors (Lipinski definition) is 3. The molecule has 0 saturated heterocycles. The van der Waals surface area contributed by atoms with Crippen molar-refractivity contribution in [3.05, 3.63) is 59.3 Å². The Bertz CT molecular complexity index is 1090. The molecule has 1 unspecified atom stereocenters. The molecule has 0 aliphatic heterocycles. The molecule has 0 saturated carbocycles. The number of nitrogens with zero attached hydrogens (tertiary/aromatic N) is 1. The van der Waals surface area contributed by atoms with Gasteiger partial charge >= 0.3 is 6.36 Å². The molecule has 1 aromatic heterocycles. The Balaban J connectivity index is 0.000000423. The molecule has 38 heavy (non-hydrogen) atoms. The number of alkyl halides is 3. The zero-order chi connectivity index (χ0) is 28.3. The average molecular weight is 534 g/mol. The third kappa shape index (κ3) is 8.97. The maximum Gasteiger partial charge on any atom is 0.573 e. The van der Waals surface area contributed by atoms with E-state index in [1.165, 1.54) is 24.3 Å². The first-order chi connectivity index (χ1) is 18.0. The van der Waals surface area contributed by atoms with Crippen molar-refractivity contribution in [3.63, 3.8) is 0 Å². The number of rotatable bonds is 12.